The van der Waals surface area contributed by atoms with E-state index in [0.29, 0.717) is 26.1 Å². The number of amides is 2. The number of aryl methyl sites for hydroxylation is 1. The largest absolute Gasteiger partial charge is 0.497 e. The fraction of sp³-hybridized carbons (Fsp3) is 0.440. The molecule has 0 radical (unpaired) electrons. The summed E-state index contributed by atoms with van der Waals surface area (Å²) in [7, 11) is 1.65. The summed E-state index contributed by atoms with van der Waals surface area (Å²) in [6.07, 6.45) is 3.96. The lowest BCUT2D eigenvalue weighted by Gasteiger charge is -2.52. The van der Waals surface area contributed by atoms with Crippen LogP contribution in [0.15, 0.2) is 54.6 Å². The SMILES string of the molecule is COc1ccc(CN2CC3(CCN(C(=O)CCCc4ccccc4)CC3)C2=O)cc1. The zero-order valence-electron chi connectivity index (χ0n) is 17.7. The Hall–Kier alpha value is -2.82. The van der Waals surface area contributed by atoms with E-state index in [1.165, 1.54) is 5.56 Å². The van der Waals surface area contributed by atoms with Crippen LogP contribution in [0.25, 0.3) is 0 Å². The maximum absolute atomic E-state index is 12.9. The van der Waals surface area contributed by atoms with Crippen LogP contribution in [0.3, 0.4) is 0 Å². The molecule has 2 aromatic carbocycles. The van der Waals surface area contributed by atoms with Crippen LogP contribution in [0.2, 0.25) is 0 Å². The first-order valence-electron chi connectivity index (χ1n) is 10.8. The molecule has 5 nitrogen and oxygen atoms in total. The van der Waals surface area contributed by atoms with Crippen molar-refractivity contribution in [2.45, 2.75) is 38.6 Å². The molecule has 2 aliphatic heterocycles. The lowest BCUT2D eigenvalue weighted by atomic mass is 9.71. The normalized spacial score (nSPS) is 17.7. The molecule has 2 aliphatic rings. The van der Waals surface area contributed by atoms with E-state index in [-0.39, 0.29) is 17.2 Å². The van der Waals surface area contributed by atoms with Crippen molar-refractivity contribution < 1.29 is 14.3 Å². The Balaban J connectivity index is 1.21. The van der Waals surface area contributed by atoms with Gasteiger partial charge in [-0.15, -0.1) is 0 Å². The fourth-order valence-electron chi connectivity index (χ4n) is 4.63. The molecule has 2 saturated heterocycles. The first kappa shape index (κ1) is 20.5. The van der Waals surface area contributed by atoms with Crippen LogP contribution in [-0.2, 0) is 22.6 Å². The second-order valence-corrected chi connectivity index (χ2v) is 8.51. The van der Waals surface area contributed by atoms with Crippen LogP contribution in [0, 0.1) is 5.41 Å². The number of piperidine rings is 1. The quantitative estimate of drug-likeness (QED) is 0.659. The highest BCUT2D eigenvalue weighted by molar-refractivity contribution is 5.89. The van der Waals surface area contributed by atoms with Gasteiger partial charge in [0, 0.05) is 32.6 Å². The van der Waals surface area contributed by atoms with Crippen LogP contribution in [-0.4, -0.2) is 48.4 Å². The molecular formula is C25H30N2O3. The predicted molar refractivity (Wildman–Crippen MR) is 116 cm³/mol. The number of methoxy groups -OCH3 is 1. The van der Waals surface area contributed by atoms with Crippen molar-refractivity contribution in [3.05, 3.63) is 65.7 Å². The van der Waals surface area contributed by atoms with E-state index in [9.17, 15) is 9.59 Å². The van der Waals surface area contributed by atoms with Crippen LogP contribution in [0.5, 0.6) is 5.75 Å². The summed E-state index contributed by atoms with van der Waals surface area (Å²) >= 11 is 0. The maximum atomic E-state index is 12.9. The molecule has 0 aliphatic carbocycles. The number of hydrogen-bond donors (Lipinski definition) is 0. The molecule has 0 unspecified atom stereocenters. The van der Waals surface area contributed by atoms with Gasteiger partial charge in [-0.1, -0.05) is 42.5 Å². The highest BCUT2D eigenvalue weighted by atomic mass is 16.5. The number of likely N-dealkylation sites (tertiary alicyclic amines) is 2. The van der Waals surface area contributed by atoms with Crippen molar-refractivity contribution in [3.63, 3.8) is 0 Å². The van der Waals surface area contributed by atoms with Gasteiger partial charge in [-0.3, -0.25) is 9.59 Å². The molecule has 0 aromatic heterocycles. The highest BCUT2D eigenvalue weighted by Crippen LogP contribution is 2.42. The van der Waals surface area contributed by atoms with Gasteiger partial charge in [0.15, 0.2) is 0 Å². The van der Waals surface area contributed by atoms with Gasteiger partial charge in [0.25, 0.3) is 0 Å². The van der Waals surface area contributed by atoms with Crippen LogP contribution in [0.1, 0.15) is 36.8 Å². The van der Waals surface area contributed by atoms with Gasteiger partial charge < -0.3 is 14.5 Å². The van der Waals surface area contributed by atoms with Gasteiger partial charge in [-0.05, 0) is 48.9 Å². The van der Waals surface area contributed by atoms with Gasteiger partial charge in [0.2, 0.25) is 11.8 Å². The third-order valence-corrected chi connectivity index (χ3v) is 6.54. The number of carbonyl (C=O) groups is 2. The van der Waals surface area contributed by atoms with Gasteiger partial charge in [0.1, 0.15) is 5.75 Å². The smallest absolute Gasteiger partial charge is 0.231 e. The van der Waals surface area contributed by atoms with E-state index in [2.05, 4.69) is 12.1 Å². The Morgan fingerprint density at radius 3 is 2.33 bits per heavy atom. The summed E-state index contributed by atoms with van der Waals surface area (Å²) in [6.45, 7) is 2.85. The van der Waals surface area contributed by atoms with E-state index >= 15 is 0 Å². The molecule has 4 rings (SSSR count). The van der Waals surface area contributed by atoms with Crippen molar-refractivity contribution in [2.75, 3.05) is 26.7 Å². The summed E-state index contributed by atoms with van der Waals surface area (Å²) in [5.41, 5.74) is 2.15. The van der Waals surface area contributed by atoms with Gasteiger partial charge in [-0.25, -0.2) is 0 Å². The van der Waals surface area contributed by atoms with E-state index in [1.807, 2.05) is 52.3 Å². The summed E-state index contributed by atoms with van der Waals surface area (Å²) in [5, 5.41) is 0. The zero-order valence-corrected chi connectivity index (χ0v) is 17.7. The maximum Gasteiger partial charge on any atom is 0.231 e. The first-order chi connectivity index (χ1) is 14.6. The number of ether oxygens (including phenoxy) is 1. The summed E-state index contributed by atoms with van der Waals surface area (Å²) in [6, 6.07) is 18.2. The van der Waals surface area contributed by atoms with Crippen LogP contribution >= 0.6 is 0 Å². The third-order valence-electron chi connectivity index (χ3n) is 6.54. The molecule has 0 saturated carbocycles. The molecule has 2 amide bonds. The van der Waals surface area contributed by atoms with Crippen molar-refractivity contribution >= 4 is 11.8 Å². The molecular weight excluding hydrogens is 376 g/mol. The average Bonchev–Trinajstić information content (AvgIpc) is 2.80. The topological polar surface area (TPSA) is 49.9 Å². The Kier molecular flexibility index (Phi) is 6.07. The summed E-state index contributed by atoms with van der Waals surface area (Å²) < 4.78 is 5.19. The van der Waals surface area contributed by atoms with Crippen molar-refractivity contribution in [3.8, 4) is 5.75 Å². The van der Waals surface area contributed by atoms with Crippen molar-refractivity contribution in [1.82, 2.24) is 9.80 Å². The van der Waals surface area contributed by atoms with Crippen molar-refractivity contribution in [2.24, 2.45) is 5.41 Å². The molecule has 2 aromatic rings. The zero-order chi connectivity index (χ0) is 21.0. The molecule has 1 spiro atoms. The van der Waals surface area contributed by atoms with Gasteiger partial charge >= 0.3 is 0 Å². The van der Waals surface area contributed by atoms with E-state index < -0.39 is 0 Å². The van der Waals surface area contributed by atoms with Crippen LogP contribution < -0.4 is 4.74 Å². The number of carbonyl (C=O) groups excluding carboxylic acids is 2. The van der Waals surface area contributed by atoms with E-state index in [4.69, 9.17) is 4.74 Å². The van der Waals surface area contributed by atoms with Gasteiger partial charge in [0.05, 0.1) is 12.5 Å². The van der Waals surface area contributed by atoms with Crippen molar-refractivity contribution in [1.29, 1.82) is 0 Å². The third kappa shape index (κ3) is 4.35. The number of rotatable bonds is 7. The average molecular weight is 407 g/mol. The summed E-state index contributed by atoms with van der Waals surface area (Å²) in [4.78, 5) is 29.3. The first-order valence-corrected chi connectivity index (χ1v) is 10.8. The fourth-order valence-corrected chi connectivity index (χ4v) is 4.63. The van der Waals surface area contributed by atoms with E-state index in [0.717, 1.165) is 43.5 Å². The molecule has 30 heavy (non-hydrogen) atoms. The molecule has 5 heteroatoms. The molecule has 0 N–H and O–H groups in total. The number of benzene rings is 2. The lowest BCUT2D eigenvalue weighted by Crippen LogP contribution is -2.64. The Morgan fingerprint density at radius 1 is 1.00 bits per heavy atom. The highest BCUT2D eigenvalue weighted by Gasteiger charge is 2.53. The number of β-lactam (4-membered cyclic amide) rings is 1. The summed E-state index contributed by atoms with van der Waals surface area (Å²) in [5.74, 6) is 1.29. The standard InChI is InChI=1S/C25H30N2O3/c1-30-22-12-10-21(11-13-22)18-27-19-25(24(27)29)14-16-26(17-15-25)23(28)9-5-8-20-6-3-2-4-7-20/h2-4,6-7,10-13H,5,8-9,14-19H2,1H3. The Bertz CT molecular complexity index is 871. The molecule has 0 atom stereocenters. The second-order valence-electron chi connectivity index (χ2n) is 8.51. The predicted octanol–water partition coefficient (Wildman–Crippen LogP) is 3.67. The van der Waals surface area contributed by atoms with E-state index in [1.54, 1.807) is 7.11 Å². The molecule has 2 fully saturated rings. The Morgan fingerprint density at radius 2 is 1.70 bits per heavy atom. The molecule has 0 bridgehead atoms. The minimum Gasteiger partial charge on any atom is -0.497 e. The monoisotopic (exact) mass is 406 g/mol. The number of nitrogens with zero attached hydrogens (tertiary/aromatic N) is 2. The molecule has 158 valence electrons. The van der Waals surface area contributed by atoms with Gasteiger partial charge in [-0.2, -0.15) is 0 Å². The Labute approximate surface area is 178 Å². The number of hydrogen-bond acceptors (Lipinski definition) is 3. The lowest BCUT2D eigenvalue weighted by molar-refractivity contribution is -0.168. The minimum absolute atomic E-state index is 0.225. The minimum atomic E-state index is -0.243. The second kappa shape index (κ2) is 8.90. The molecule has 2 heterocycles. The van der Waals surface area contributed by atoms with Crippen LogP contribution in [0.4, 0.5) is 0 Å².